The Kier molecular flexibility index (Phi) is 5.20. The number of unbranched alkanes of at least 4 members (excludes halogenated alkanes) is 1. The van der Waals surface area contributed by atoms with Gasteiger partial charge in [0.05, 0.1) is 5.92 Å². The number of hydrogen-bond donors (Lipinski definition) is 1. The second-order valence-electron chi connectivity index (χ2n) is 5.89. The second kappa shape index (κ2) is 6.73. The van der Waals surface area contributed by atoms with E-state index >= 15 is 0 Å². The van der Waals surface area contributed by atoms with Crippen LogP contribution >= 0.6 is 15.9 Å². The van der Waals surface area contributed by atoms with Crippen LogP contribution in [0.25, 0.3) is 0 Å². The van der Waals surface area contributed by atoms with Crippen LogP contribution in [-0.4, -0.2) is 11.8 Å². The molecule has 0 bridgehead atoms. The summed E-state index contributed by atoms with van der Waals surface area (Å²) in [6.07, 6.45) is 4.31. The zero-order chi connectivity index (χ0) is 15.5. The van der Waals surface area contributed by atoms with Crippen molar-refractivity contribution in [3.63, 3.8) is 0 Å². The van der Waals surface area contributed by atoms with Crippen molar-refractivity contribution < 1.29 is 9.59 Å². The Balaban J connectivity index is 2.42. The van der Waals surface area contributed by atoms with Crippen molar-refractivity contribution >= 4 is 27.7 Å². The molecule has 1 aromatic rings. The molecule has 0 saturated carbocycles. The summed E-state index contributed by atoms with van der Waals surface area (Å²) >= 11 is 3.43. The first-order chi connectivity index (χ1) is 10.0. The summed E-state index contributed by atoms with van der Waals surface area (Å²) in [6, 6.07) is 7.89. The van der Waals surface area contributed by atoms with Crippen molar-refractivity contribution in [2.75, 3.05) is 0 Å². The van der Waals surface area contributed by atoms with Gasteiger partial charge in [-0.25, -0.2) is 0 Å². The molecule has 3 nitrogen and oxygen atoms in total. The third-order valence-electron chi connectivity index (χ3n) is 4.59. The molecule has 1 heterocycles. The molecule has 2 unspecified atom stereocenters. The highest BCUT2D eigenvalue weighted by Gasteiger charge is 2.47. The van der Waals surface area contributed by atoms with Gasteiger partial charge in [-0.1, -0.05) is 54.8 Å². The number of imide groups is 1. The molecule has 1 aromatic carbocycles. The third-order valence-corrected chi connectivity index (χ3v) is 5.11. The fourth-order valence-corrected chi connectivity index (χ4v) is 3.65. The number of carbonyl (C=O) groups excluding carboxylic acids is 2. The molecule has 114 valence electrons. The standard InChI is InChI=1S/C17H22BrNO2/c1-3-5-10-17(4-2)11-14(20)19-16(21)15(17)12-6-8-13(18)9-7-12/h6-9,15H,3-5,10-11H2,1-2H3,(H,19,20,21). The van der Waals surface area contributed by atoms with E-state index in [0.717, 1.165) is 35.7 Å². The van der Waals surface area contributed by atoms with Crippen LogP contribution in [0.5, 0.6) is 0 Å². The molecule has 1 N–H and O–H groups in total. The first-order valence-electron chi connectivity index (χ1n) is 7.61. The lowest BCUT2D eigenvalue weighted by molar-refractivity contribution is -0.140. The van der Waals surface area contributed by atoms with Crippen LogP contribution in [0, 0.1) is 5.41 Å². The minimum Gasteiger partial charge on any atom is -0.296 e. The molecule has 21 heavy (non-hydrogen) atoms. The Bertz CT molecular complexity index is 526. The zero-order valence-electron chi connectivity index (χ0n) is 12.6. The van der Waals surface area contributed by atoms with Crippen molar-refractivity contribution in [1.82, 2.24) is 5.32 Å². The number of piperidine rings is 1. The summed E-state index contributed by atoms with van der Waals surface area (Å²) in [7, 11) is 0. The number of benzene rings is 1. The molecular weight excluding hydrogens is 330 g/mol. The lowest BCUT2D eigenvalue weighted by Crippen LogP contribution is -2.50. The van der Waals surface area contributed by atoms with Crippen molar-refractivity contribution in [3.05, 3.63) is 34.3 Å². The van der Waals surface area contributed by atoms with Gasteiger partial charge in [-0.05, 0) is 36.0 Å². The molecule has 2 amide bonds. The molecule has 1 fully saturated rings. The van der Waals surface area contributed by atoms with E-state index in [1.54, 1.807) is 0 Å². The quantitative estimate of drug-likeness (QED) is 0.809. The smallest absolute Gasteiger partial charge is 0.234 e. The Morgan fingerprint density at radius 1 is 1.24 bits per heavy atom. The molecule has 0 aliphatic carbocycles. The molecule has 2 atom stereocenters. The molecule has 0 spiro atoms. The SMILES string of the molecule is CCCCC1(CC)CC(=O)NC(=O)C1c1ccc(Br)cc1. The molecule has 2 rings (SSSR count). The van der Waals surface area contributed by atoms with Crippen LogP contribution < -0.4 is 5.32 Å². The number of nitrogens with one attached hydrogen (secondary N) is 1. The number of carbonyl (C=O) groups is 2. The first kappa shape index (κ1) is 16.2. The van der Waals surface area contributed by atoms with Crippen LogP contribution in [0.15, 0.2) is 28.7 Å². The van der Waals surface area contributed by atoms with Gasteiger partial charge in [0.25, 0.3) is 0 Å². The van der Waals surface area contributed by atoms with Crippen molar-refractivity contribution in [2.45, 2.75) is 51.9 Å². The normalized spacial score (nSPS) is 25.8. The van der Waals surface area contributed by atoms with E-state index in [9.17, 15) is 9.59 Å². The van der Waals surface area contributed by atoms with Gasteiger partial charge in [0, 0.05) is 10.9 Å². The fraction of sp³-hybridized carbons (Fsp3) is 0.529. The summed E-state index contributed by atoms with van der Waals surface area (Å²) < 4.78 is 0.995. The third kappa shape index (κ3) is 3.37. The Labute approximate surface area is 134 Å². The monoisotopic (exact) mass is 351 g/mol. The molecule has 0 radical (unpaired) electrons. The molecule has 0 aromatic heterocycles. The summed E-state index contributed by atoms with van der Waals surface area (Å²) in [5, 5.41) is 2.52. The highest BCUT2D eigenvalue weighted by atomic mass is 79.9. The predicted octanol–water partition coefficient (Wildman–Crippen LogP) is 4.17. The van der Waals surface area contributed by atoms with Crippen LogP contribution in [0.4, 0.5) is 0 Å². The van der Waals surface area contributed by atoms with Gasteiger partial charge in [-0.3, -0.25) is 14.9 Å². The zero-order valence-corrected chi connectivity index (χ0v) is 14.2. The highest BCUT2D eigenvalue weighted by Crippen LogP contribution is 2.48. The van der Waals surface area contributed by atoms with Gasteiger partial charge >= 0.3 is 0 Å². The Morgan fingerprint density at radius 2 is 1.90 bits per heavy atom. The lowest BCUT2D eigenvalue weighted by Gasteiger charge is -2.42. The minimum atomic E-state index is -0.247. The number of rotatable bonds is 5. The van der Waals surface area contributed by atoms with E-state index in [4.69, 9.17) is 0 Å². The first-order valence-corrected chi connectivity index (χ1v) is 8.41. The second-order valence-corrected chi connectivity index (χ2v) is 6.81. The van der Waals surface area contributed by atoms with E-state index in [2.05, 4.69) is 35.1 Å². The highest BCUT2D eigenvalue weighted by molar-refractivity contribution is 9.10. The number of halogens is 1. The van der Waals surface area contributed by atoms with Gasteiger partial charge in [0.2, 0.25) is 11.8 Å². The van der Waals surface area contributed by atoms with E-state index in [0.29, 0.717) is 6.42 Å². The van der Waals surface area contributed by atoms with E-state index in [1.165, 1.54) is 0 Å². The summed E-state index contributed by atoms with van der Waals surface area (Å²) in [6.45, 7) is 4.23. The number of hydrogen-bond acceptors (Lipinski definition) is 2. The molecule has 1 aliphatic rings. The maximum Gasteiger partial charge on any atom is 0.234 e. The van der Waals surface area contributed by atoms with Gasteiger partial charge in [-0.2, -0.15) is 0 Å². The van der Waals surface area contributed by atoms with E-state index < -0.39 is 0 Å². The van der Waals surface area contributed by atoms with Gasteiger partial charge < -0.3 is 0 Å². The van der Waals surface area contributed by atoms with E-state index in [-0.39, 0.29) is 23.1 Å². The van der Waals surface area contributed by atoms with Crippen LogP contribution in [0.1, 0.15) is 57.4 Å². The van der Waals surface area contributed by atoms with Gasteiger partial charge in [0.1, 0.15) is 0 Å². The van der Waals surface area contributed by atoms with Crippen LogP contribution in [0.3, 0.4) is 0 Å². The van der Waals surface area contributed by atoms with Gasteiger partial charge in [-0.15, -0.1) is 0 Å². The number of amides is 2. The van der Waals surface area contributed by atoms with Crippen LogP contribution in [-0.2, 0) is 9.59 Å². The van der Waals surface area contributed by atoms with Crippen molar-refractivity contribution in [3.8, 4) is 0 Å². The molecule has 4 heteroatoms. The summed E-state index contributed by atoms with van der Waals surface area (Å²) in [5.74, 6) is -0.516. The van der Waals surface area contributed by atoms with E-state index in [1.807, 2.05) is 24.3 Å². The van der Waals surface area contributed by atoms with Gasteiger partial charge in [0.15, 0.2) is 0 Å². The van der Waals surface area contributed by atoms with Crippen molar-refractivity contribution in [2.24, 2.45) is 5.41 Å². The molecule has 1 saturated heterocycles. The maximum absolute atomic E-state index is 12.5. The average molecular weight is 352 g/mol. The average Bonchev–Trinajstić information content (AvgIpc) is 2.46. The summed E-state index contributed by atoms with van der Waals surface area (Å²) in [4.78, 5) is 24.4. The lowest BCUT2D eigenvalue weighted by atomic mass is 9.63. The fourth-order valence-electron chi connectivity index (χ4n) is 3.38. The molecular formula is C17H22BrNO2. The largest absolute Gasteiger partial charge is 0.296 e. The minimum absolute atomic E-state index is 0.133. The predicted molar refractivity (Wildman–Crippen MR) is 86.9 cm³/mol. The Hall–Kier alpha value is -1.16. The Morgan fingerprint density at radius 3 is 2.48 bits per heavy atom. The van der Waals surface area contributed by atoms with Crippen LogP contribution in [0.2, 0.25) is 0 Å². The summed E-state index contributed by atoms with van der Waals surface area (Å²) in [5.41, 5.74) is 0.754. The van der Waals surface area contributed by atoms with Crippen molar-refractivity contribution in [1.29, 1.82) is 0 Å². The topological polar surface area (TPSA) is 46.2 Å². The maximum atomic E-state index is 12.5. The molecule has 1 aliphatic heterocycles.